The summed E-state index contributed by atoms with van der Waals surface area (Å²) in [5.41, 5.74) is 0.296. The molecule has 0 unspecified atom stereocenters. The maximum absolute atomic E-state index is 11.7. The molecule has 0 aromatic heterocycles. The van der Waals surface area contributed by atoms with E-state index in [1.165, 1.54) is 19.2 Å². The molecule has 1 aromatic rings. The number of rotatable bonds is 7. The van der Waals surface area contributed by atoms with Gasteiger partial charge >= 0.3 is 5.97 Å². The van der Waals surface area contributed by atoms with Gasteiger partial charge in [0.2, 0.25) is 5.91 Å². The van der Waals surface area contributed by atoms with E-state index in [1.807, 2.05) is 0 Å². The van der Waals surface area contributed by atoms with Crippen LogP contribution >= 0.6 is 23.8 Å². The third-order valence-electron chi connectivity index (χ3n) is 3.03. The van der Waals surface area contributed by atoms with Crippen molar-refractivity contribution in [2.24, 2.45) is 0 Å². The summed E-state index contributed by atoms with van der Waals surface area (Å²) in [6.07, 6.45) is 3.20. The van der Waals surface area contributed by atoms with Crippen molar-refractivity contribution in [3.63, 3.8) is 0 Å². The van der Waals surface area contributed by atoms with Crippen LogP contribution in [0.5, 0.6) is 5.75 Å². The van der Waals surface area contributed by atoms with E-state index in [2.05, 4.69) is 17.6 Å². The number of carboxylic acids is 1. The average molecular weight is 359 g/mol. The predicted molar refractivity (Wildman–Crippen MR) is 93.5 cm³/mol. The third-order valence-corrected chi connectivity index (χ3v) is 3.54. The number of hydrogen-bond acceptors (Lipinski definition) is 4. The van der Waals surface area contributed by atoms with Crippen molar-refractivity contribution in [1.82, 2.24) is 5.32 Å². The van der Waals surface area contributed by atoms with Gasteiger partial charge in [-0.25, -0.2) is 4.79 Å². The minimum Gasteiger partial charge on any atom is -0.496 e. The predicted octanol–water partition coefficient (Wildman–Crippen LogP) is 3.44. The fourth-order valence-electron chi connectivity index (χ4n) is 1.86. The Labute approximate surface area is 145 Å². The number of halogens is 1. The normalized spacial score (nSPS) is 10.0. The fraction of sp³-hybridized carbons (Fsp3) is 0.400. The molecule has 1 amide bonds. The maximum atomic E-state index is 11.7. The van der Waals surface area contributed by atoms with Crippen LogP contribution in [0.3, 0.4) is 0 Å². The number of benzene rings is 1. The molecule has 6 nitrogen and oxygen atoms in total. The van der Waals surface area contributed by atoms with E-state index in [1.54, 1.807) is 0 Å². The Morgan fingerprint density at radius 3 is 2.61 bits per heavy atom. The molecule has 0 bridgehead atoms. The summed E-state index contributed by atoms with van der Waals surface area (Å²) in [5.74, 6) is -1.19. The first-order valence-electron chi connectivity index (χ1n) is 7.10. The second-order valence-electron chi connectivity index (χ2n) is 4.80. The molecular formula is C15H19ClN2O4S. The molecule has 0 atom stereocenters. The van der Waals surface area contributed by atoms with Gasteiger partial charge in [0, 0.05) is 12.5 Å². The zero-order valence-corrected chi connectivity index (χ0v) is 14.5. The highest BCUT2D eigenvalue weighted by atomic mass is 35.5. The lowest BCUT2D eigenvalue weighted by molar-refractivity contribution is -0.119. The highest BCUT2D eigenvalue weighted by Gasteiger charge is 2.16. The van der Waals surface area contributed by atoms with Crippen LogP contribution in [0.2, 0.25) is 5.02 Å². The van der Waals surface area contributed by atoms with Gasteiger partial charge in [-0.1, -0.05) is 31.4 Å². The van der Waals surface area contributed by atoms with Gasteiger partial charge in [0.05, 0.1) is 17.8 Å². The van der Waals surface area contributed by atoms with Crippen LogP contribution in [0.4, 0.5) is 5.69 Å². The van der Waals surface area contributed by atoms with Crippen LogP contribution in [0.1, 0.15) is 43.0 Å². The number of ether oxygens (including phenoxy) is 1. The molecule has 0 fully saturated rings. The number of hydrogen-bond donors (Lipinski definition) is 3. The average Bonchev–Trinajstić information content (AvgIpc) is 2.48. The number of methoxy groups -OCH3 is 1. The van der Waals surface area contributed by atoms with E-state index in [0.29, 0.717) is 12.1 Å². The van der Waals surface area contributed by atoms with Crippen molar-refractivity contribution in [1.29, 1.82) is 0 Å². The van der Waals surface area contributed by atoms with Gasteiger partial charge in [-0.15, -0.1) is 0 Å². The third kappa shape index (κ3) is 6.03. The molecule has 1 aromatic carbocycles. The lowest BCUT2D eigenvalue weighted by atomic mass is 10.2. The Morgan fingerprint density at radius 1 is 1.35 bits per heavy atom. The van der Waals surface area contributed by atoms with Crippen LogP contribution in [0.15, 0.2) is 12.1 Å². The summed E-state index contributed by atoms with van der Waals surface area (Å²) in [6, 6.07) is 2.68. The topological polar surface area (TPSA) is 87.7 Å². The Kier molecular flexibility index (Phi) is 7.77. The van der Waals surface area contributed by atoms with Gasteiger partial charge in [-0.2, -0.15) is 0 Å². The summed E-state index contributed by atoms with van der Waals surface area (Å²) >= 11 is 11.1. The standard InChI is InChI=1S/C15H19ClN2O4S/c1-3-4-5-6-13(19)18-15(23)17-11-8-12(22-2)9(14(20)21)7-10(11)16/h7-8H,3-6H2,1-2H3,(H,20,21)(H2,17,18,19,23). The molecule has 0 aliphatic rings. The van der Waals surface area contributed by atoms with Crippen LogP contribution < -0.4 is 15.4 Å². The SMILES string of the molecule is CCCCCC(=O)NC(=S)Nc1cc(OC)c(C(=O)O)cc1Cl. The van der Waals surface area contributed by atoms with Crippen LogP contribution in [0, 0.1) is 0 Å². The first-order chi connectivity index (χ1) is 10.9. The van der Waals surface area contributed by atoms with E-state index < -0.39 is 5.97 Å². The van der Waals surface area contributed by atoms with Crippen LogP contribution in [0.25, 0.3) is 0 Å². The first-order valence-corrected chi connectivity index (χ1v) is 7.89. The minimum atomic E-state index is -1.15. The van der Waals surface area contributed by atoms with Gasteiger partial charge in [0.1, 0.15) is 11.3 Å². The van der Waals surface area contributed by atoms with Crippen LogP contribution in [-0.4, -0.2) is 29.2 Å². The van der Waals surface area contributed by atoms with E-state index in [0.717, 1.165) is 19.3 Å². The van der Waals surface area contributed by atoms with Gasteiger partial charge in [0.25, 0.3) is 0 Å². The van der Waals surface area contributed by atoms with Gasteiger partial charge in [0.15, 0.2) is 5.11 Å². The van der Waals surface area contributed by atoms with Crippen molar-refractivity contribution < 1.29 is 19.4 Å². The van der Waals surface area contributed by atoms with Gasteiger partial charge in [-0.3, -0.25) is 4.79 Å². The van der Waals surface area contributed by atoms with Crippen molar-refractivity contribution in [2.45, 2.75) is 32.6 Å². The molecule has 3 N–H and O–H groups in total. The van der Waals surface area contributed by atoms with E-state index in [9.17, 15) is 9.59 Å². The number of carbonyl (C=O) groups excluding carboxylic acids is 1. The highest BCUT2D eigenvalue weighted by Crippen LogP contribution is 2.31. The molecule has 23 heavy (non-hydrogen) atoms. The van der Waals surface area contributed by atoms with E-state index in [-0.39, 0.29) is 27.4 Å². The number of thiocarbonyl (C=S) groups is 1. The van der Waals surface area contributed by atoms with Gasteiger partial charge in [-0.05, 0) is 24.7 Å². The number of nitrogens with one attached hydrogen (secondary N) is 2. The maximum Gasteiger partial charge on any atom is 0.339 e. The molecule has 0 saturated heterocycles. The Bertz CT molecular complexity index is 607. The number of carboxylic acid groups (broad SMARTS) is 1. The molecule has 126 valence electrons. The van der Waals surface area contributed by atoms with Crippen LogP contribution in [-0.2, 0) is 4.79 Å². The molecule has 1 rings (SSSR count). The summed E-state index contributed by atoms with van der Waals surface area (Å²) in [4.78, 5) is 22.8. The van der Waals surface area contributed by atoms with Crippen molar-refractivity contribution in [3.05, 3.63) is 22.7 Å². The van der Waals surface area contributed by atoms with E-state index >= 15 is 0 Å². The summed E-state index contributed by atoms with van der Waals surface area (Å²) in [7, 11) is 1.35. The Hall–Kier alpha value is -1.86. The number of unbranched alkanes of at least 4 members (excludes halogenated alkanes) is 2. The zero-order chi connectivity index (χ0) is 17.4. The molecule has 0 heterocycles. The first kappa shape index (κ1) is 19.2. The molecule has 0 aliphatic carbocycles. The van der Waals surface area contributed by atoms with Crippen molar-refractivity contribution >= 4 is 46.5 Å². The monoisotopic (exact) mass is 358 g/mol. The molecule has 0 aliphatic heterocycles. The summed E-state index contributed by atoms with van der Waals surface area (Å²) in [6.45, 7) is 2.06. The zero-order valence-electron chi connectivity index (χ0n) is 12.9. The van der Waals surface area contributed by atoms with Crippen molar-refractivity contribution in [2.75, 3.05) is 12.4 Å². The van der Waals surface area contributed by atoms with Gasteiger partial charge < -0.3 is 20.5 Å². The lowest BCUT2D eigenvalue weighted by Crippen LogP contribution is -2.34. The number of aromatic carboxylic acids is 1. The minimum absolute atomic E-state index is 0.0578. The lowest BCUT2D eigenvalue weighted by Gasteiger charge is -2.13. The molecule has 0 spiro atoms. The molecular weight excluding hydrogens is 340 g/mol. The fourth-order valence-corrected chi connectivity index (χ4v) is 2.30. The quantitative estimate of drug-likeness (QED) is 0.511. The summed E-state index contributed by atoms with van der Waals surface area (Å²) < 4.78 is 5.02. The number of anilines is 1. The Morgan fingerprint density at radius 2 is 2.04 bits per heavy atom. The molecule has 8 heteroatoms. The number of carbonyl (C=O) groups is 2. The second kappa shape index (κ2) is 9.32. The summed E-state index contributed by atoms with van der Waals surface area (Å²) in [5, 5.41) is 14.6. The molecule has 0 radical (unpaired) electrons. The van der Waals surface area contributed by atoms with Crippen molar-refractivity contribution in [3.8, 4) is 5.75 Å². The van der Waals surface area contributed by atoms with E-state index in [4.69, 9.17) is 33.7 Å². The smallest absolute Gasteiger partial charge is 0.339 e. The largest absolute Gasteiger partial charge is 0.496 e. The second-order valence-corrected chi connectivity index (χ2v) is 5.61. The number of amides is 1. The Balaban J connectivity index is 2.75. The highest BCUT2D eigenvalue weighted by molar-refractivity contribution is 7.80. The molecule has 0 saturated carbocycles.